The van der Waals surface area contributed by atoms with E-state index in [1.54, 1.807) is 42.5 Å². The van der Waals surface area contributed by atoms with Crippen LogP contribution in [0.4, 0.5) is 5.82 Å². The Morgan fingerprint density at radius 1 is 1.17 bits per heavy atom. The molecule has 0 spiro atoms. The van der Waals surface area contributed by atoms with Gasteiger partial charge in [0, 0.05) is 48.7 Å². The van der Waals surface area contributed by atoms with Crippen molar-refractivity contribution in [1.29, 1.82) is 0 Å². The molecule has 1 aliphatic rings. The fourth-order valence-corrected chi connectivity index (χ4v) is 3.83. The van der Waals surface area contributed by atoms with Crippen molar-refractivity contribution < 1.29 is 19.2 Å². The summed E-state index contributed by atoms with van der Waals surface area (Å²) in [6, 6.07) is 13.2. The summed E-state index contributed by atoms with van der Waals surface area (Å²) in [5.74, 6) is 8.51. The zero-order valence-corrected chi connectivity index (χ0v) is 19.1. The molecule has 0 bridgehead atoms. The van der Waals surface area contributed by atoms with E-state index in [1.165, 1.54) is 0 Å². The first-order chi connectivity index (χ1) is 17.1. The molecule has 9 heteroatoms. The van der Waals surface area contributed by atoms with Crippen molar-refractivity contribution >= 4 is 11.7 Å². The van der Waals surface area contributed by atoms with Gasteiger partial charge in [0.25, 0.3) is 5.91 Å². The number of pyridine rings is 1. The molecule has 176 valence electrons. The van der Waals surface area contributed by atoms with Crippen LogP contribution in [-0.2, 0) is 11.3 Å². The number of aromatic nitrogens is 4. The molecule has 0 fully saturated rings. The first-order valence-corrected chi connectivity index (χ1v) is 11.2. The van der Waals surface area contributed by atoms with Crippen molar-refractivity contribution in [1.82, 2.24) is 19.7 Å². The van der Waals surface area contributed by atoms with Gasteiger partial charge in [0.15, 0.2) is 23.9 Å². The van der Waals surface area contributed by atoms with Crippen LogP contribution in [0.15, 0.2) is 65.6 Å². The predicted octanol–water partition coefficient (Wildman–Crippen LogP) is 3.20. The maximum absolute atomic E-state index is 12.2. The molecule has 1 N–H and O–H groups in total. The quantitative estimate of drug-likeness (QED) is 0.432. The van der Waals surface area contributed by atoms with Crippen molar-refractivity contribution in [2.45, 2.75) is 26.0 Å². The van der Waals surface area contributed by atoms with Crippen LogP contribution in [0.1, 0.15) is 36.5 Å². The summed E-state index contributed by atoms with van der Waals surface area (Å²) in [6.07, 6.45) is 4.94. The number of anilines is 1. The average Bonchev–Trinajstić information content (AvgIpc) is 3.53. The van der Waals surface area contributed by atoms with Crippen LogP contribution < -0.4 is 9.64 Å². The molecule has 9 nitrogen and oxygen atoms in total. The number of rotatable bonds is 6. The van der Waals surface area contributed by atoms with E-state index in [0.29, 0.717) is 42.7 Å². The number of carbonyl (C=O) groups excluding carboxylic acids is 1. The molecule has 0 unspecified atom stereocenters. The van der Waals surface area contributed by atoms with Gasteiger partial charge in [0.2, 0.25) is 0 Å². The zero-order chi connectivity index (χ0) is 24.2. The van der Waals surface area contributed by atoms with Gasteiger partial charge in [-0.2, -0.15) is 0 Å². The third-order valence-corrected chi connectivity index (χ3v) is 5.53. The number of imidazole rings is 1. The molecule has 1 atom stereocenters. The van der Waals surface area contributed by atoms with E-state index in [4.69, 9.17) is 9.26 Å². The molecule has 4 heterocycles. The number of carbonyl (C=O) groups is 1. The zero-order valence-electron chi connectivity index (χ0n) is 19.1. The molecular formula is C26H23N5O4. The summed E-state index contributed by atoms with van der Waals surface area (Å²) >= 11 is 0. The molecule has 1 aliphatic heterocycles. The van der Waals surface area contributed by atoms with Crippen LogP contribution in [0.2, 0.25) is 0 Å². The lowest BCUT2D eigenvalue weighted by molar-refractivity contribution is -0.121. The van der Waals surface area contributed by atoms with Crippen molar-refractivity contribution in [2.24, 2.45) is 0 Å². The lowest BCUT2D eigenvalue weighted by Crippen LogP contribution is -2.39. The Morgan fingerprint density at radius 3 is 2.86 bits per heavy atom. The minimum Gasteiger partial charge on any atom is -0.480 e. The van der Waals surface area contributed by atoms with E-state index in [2.05, 4.69) is 27.0 Å². The SMILES string of the molecule is C[C@H](O)c1nccn1Cc1cc(-c2ccc(C#CCCN3C(=O)COc4cccnc43)cc2)on1. The molecular weight excluding hydrogens is 446 g/mol. The second-order valence-electron chi connectivity index (χ2n) is 8.06. The summed E-state index contributed by atoms with van der Waals surface area (Å²) < 4.78 is 12.8. The van der Waals surface area contributed by atoms with Gasteiger partial charge < -0.3 is 18.9 Å². The Kier molecular flexibility index (Phi) is 6.28. The Morgan fingerprint density at radius 2 is 2.03 bits per heavy atom. The van der Waals surface area contributed by atoms with Crippen LogP contribution in [0.25, 0.3) is 11.3 Å². The summed E-state index contributed by atoms with van der Waals surface area (Å²) in [5.41, 5.74) is 2.48. The summed E-state index contributed by atoms with van der Waals surface area (Å²) in [4.78, 5) is 22.3. The number of fused-ring (bicyclic) bond motifs is 1. The maximum Gasteiger partial charge on any atom is 0.266 e. The van der Waals surface area contributed by atoms with Gasteiger partial charge in [-0.3, -0.25) is 9.69 Å². The normalized spacial score (nSPS) is 13.5. The molecule has 1 aromatic carbocycles. The van der Waals surface area contributed by atoms with Gasteiger partial charge in [-0.25, -0.2) is 9.97 Å². The molecule has 1 amide bonds. The number of aliphatic hydroxyl groups excluding tert-OH is 1. The minimum atomic E-state index is -0.660. The highest BCUT2D eigenvalue weighted by molar-refractivity contribution is 5.96. The van der Waals surface area contributed by atoms with Crippen molar-refractivity contribution in [2.75, 3.05) is 18.1 Å². The smallest absolute Gasteiger partial charge is 0.266 e. The van der Waals surface area contributed by atoms with Gasteiger partial charge in [-0.05, 0) is 43.3 Å². The molecule has 0 saturated heterocycles. The van der Waals surface area contributed by atoms with E-state index >= 15 is 0 Å². The summed E-state index contributed by atoms with van der Waals surface area (Å²) in [7, 11) is 0. The molecule has 0 aliphatic carbocycles. The van der Waals surface area contributed by atoms with E-state index in [-0.39, 0.29) is 12.5 Å². The van der Waals surface area contributed by atoms with Crippen molar-refractivity contribution in [3.05, 3.63) is 78.1 Å². The standard InChI is InChI=1S/C26H23N5O4/c1-18(32)25-28-12-14-30(25)16-21-15-23(35-29-21)20-9-7-19(8-10-20)5-2-3-13-31-24(33)17-34-22-6-4-11-27-26(22)31/h4,6-12,14-15,18,32H,3,13,16-17H2,1H3/t18-/m0/s1. The van der Waals surface area contributed by atoms with E-state index in [1.807, 2.05) is 34.9 Å². The monoisotopic (exact) mass is 469 g/mol. The van der Waals surface area contributed by atoms with Crippen LogP contribution in [-0.4, -0.2) is 43.9 Å². The fraction of sp³-hybridized carbons (Fsp3) is 0.231. The van der Waals surface area contributed by atoms with Gasteiger partial charge in [0.1, 0.15) is 17.6 Å². The first kappa shape index (κ1) is 22.4. The third kappa shape index (κ3) is 4.93. The topological polar surface area (TPSA) is 107 Å². The van der Waals surface area contributed by atoms with E-state index in [0.717, 1.165) is 16.8 Å². The van der Waals surface area contributed by atoms with Crippen LogP contribution >= 0.6 is 0 Å². The summed E-state index contributed by atoms with van der Waals surface area (Å²) in [6.45, 7) is 2.60. The third-order valence-electron chi connectivity index (χ3n) is 5.53. The van der Waals surface area contributed by atoms with Gasteiger partial charge in [-0.1, -0.05) is 17.0 Å². The highest BCUT2D eigenvalue weighted by Crippen LogP contribution is 2.29. The largest absolute Gasteiger partial charge is 0.480 e. The number of hydrogen-bond donors (Lipinski definition) is 1. The molecule has 35 heavy (non-hydrogen) atoms. The van der Waals surface area contributed by atoms with Gasteiger partial charge in [0.05, 0.1) is 6.54 Å². The van der Waals surface area contributed by atoms with Gasteiger partial charge >= 0.3 is 0 Å². The van der Waals surface area contributed by atoms with Crippen LogP contribution in [0, 0.1) is 11.8 Å². The highest BCUT2D eigenvalue weighted by atomic mass is 16.5. The molecule has 3 aromatic heterocycles. The predicted molar refractivity (Wildman–Crippen MR) is 127 cm³/mol. The molecule has 4 aromatic rings. The summed E-state index contributed by atoms with van der Waals surface area (Å²) in [5, 5.41) is 14.0. The second-order valence-corrected chi connectivity index (χ2v) is 8.06. The Labute approximate surface area is 202 Å². The van der Waals surface area contributed by atoms with E-state index < -0.39 is 6.10 Å². The number of benzene rings is 1. The Balaban J connectivity index is 1.20. The first-order valence-electron chi connectivity index (χ1n) is 11.2. The number of amides is 1. The number of nitrogens with zero attached hydrogens (tertiary/aromatic N) is 5. The number of hydrogen-bond acceptors (Lipinski definition) is 7. The molecule has 0 radical (unpaired) electrons. The maximum atomic E-state index is 12.2. The van der Waals surface area contributed by atoms with Crippen LogP contribution in [0.3, 0.4) is 0 Å². The Hall–Kier alpha value is -4.42. The van der Waals surface area contributed by atoms with Crippen molar-refractivity contribution in [3.8, 4) is 28.9 Å². The number of ether oxygens (including phenoxy) is 1. The van der Waals surface area contributed by atoms with Crippen LogP contribution in [0.5, 0.6) is 5.75 Å². The lowest BCUT2D eigenvalue weighted by Gasteiger charge is -2.27. The highest BCUT2D eigenvalue weighted by Gasteiger charge is 2.25. The number of aliphatic hydroxyl groups is 1. The van der Waals surface area contributed by atoms with Crippen molar-refractivity contribution in [3.63, 3.8) is 0 Å². The second kappa shape index (κ2) is 9.83. The molecule has 5 rings (SSSR count). The van der Waals surface area contributed by atoms with E-state index in [9.17, 15) is 9.90 Å². The fourth-order valence-electron chi connectivity index (χ4n) is 3.83. The lowest BCUT2D eigenvalue weighted by atomic mass is 10.1. The van der Waals surface area contributed by atoms with Gasteiger partial charge in [-0.15, -0.1) is 0 Å². The Bertz CT molecular complexity index is 1390. The average molecular weight is 470 g/mol. The minimum absolute atomic E-state index is 0.0149. The molecule has 0 saturated carbocycles.